The van der Waals surface area contributed by atoms with Crippen LogP contribution in [-0.4, -0.2) is 58.2 Å². The molecule has 1 heterocycles. The molecular weight excluding hydrogens is 320 g/mol. The van der Waals surface area contributed by atoms with Crippen LogP contribution in [0.25, 0.3) is 0 Å². The Hall–Kier alpha value is -1.12. The van der Waals surface area contributed by atoms with Crippen LogP contribution in [0.1, 0.15) is 18.2 Å². The smallest absolute Gasteiger partial charge is 0.211 e. The zero-order valence-electron chi connectivity index (χ0n) is 13.5. The highest BCUT2D eigenvalue weighted by Crippen LogP contribution is 2.07. The van der Waals surface area contributed by atoms with Crippen LogP contribution in [0.4, 0.5) is 0 Å². The number of rotatable bonds is 9. The molecule has 22 heavy (non-hydrogen) atoms. The van der Waals surface area contributed by atoms with Crippen LogP contribution >= 0.6 is 11.3 Å². The lowest BCUT2D eigenvalue weighted by molar-refractivity contribution is 0.424. The minimum Gasteiger partial charge on any atom is -0.356 e. The molecule has 0 spiro atoms. The molecule has 0 aromatic carbocycles. The maximum Gasteiger partial charge on any atom is 0.211 e. The van der Waals surface area contributed by atoms with Crippen LogP contribution in [0.15, 0.2) is 22.5 Å². The Morgan fingerprint density at radius 2 is 2.09 bits per heavy atom. The Kier molecular flexibility index (Phi) is 8.44. The second-order valence-corrected chi connectivity index (χ2v) is 7.88. The fourth-order valence-corrected chi connectivity index (χ4v) is 3.64. The van der Waals surface area contributed by atoms with Gasteiger partial charge >= 0.3 is 0 Å². The van der Waals surface area contributed by atoms with Crippen molar-refractivity contribution in [1.29, 1.82) is 0 Å². The first-order valence-electron chi connectivity index (χ1n) is 7.39. The number of thiophene rings is 1. The van der Waals surface area contributed by atoms with Crippen molar-refractivity contribution in [1.82, 2.24) is 14.9 Å². The topological polar surface area (TPSA) is 73.8 Å². The van der Waals surface area contributed by atoms with Gasteiger partial charge in [0.2, 0.25) is 10.0 Å². The van der Waals surface area contributed by atoms with E-state index in [0.29, 0.717) is 19.6 Å². The average molecular weight is 347 g/mol. The second-order valence-electron chi connectivity index (χ2n) is 4.86. The zero-order valence-corrected chi connectivity index (χ0v) is 15.1. The van der Waals surface area contributed by atoms with Crippen molar-refractivity contribution in [3.8, 4) is 0 Å². The van der Waals surface area contributed by atoms with Crippen LogP contribution < -0.4 is 10.6 Å². The molecule has 8 heteroatoms. The van der Waals surface area contributed by atoms with Gasteiger partial charge in [0.25, 0.3) is 0 Å². The molecule has 0 unspecified atom stereocenters. The minimum absolute atomic E-state index is 0.507. The molecule has 0 amide bonds. The van der Waals surface area contributed by atoms with Crippen LogP contribution in [0.5, 0.6) is 0 Å². The highest BCUT2D eigenvalue weighted by atomic mass is 32.2. The van der Waals surface area contributed by atoms with Crippen LogP contribution in [0, 0.1) is 0 Å². The molecule has 6 nitrogen and oxygen atoms in total. The van der Waals surface area contributed by atoms with Crippen molar-refractivity contribution in [3.63, 3.8) is 0 Å². The Morgan fingerprint density at radius 1 is 1.36 bits per heavy atom. The van der Waals surface area contributed by atoms with Gasteiger partial charge in [-0.1, -0.05) is 13.0 Å². The van der Waals surface area contributed by atoms with E-state index in [-0.39, 0.29) is 0 Å². The molecule has 0 radical (unpaired) electrons. The van der Waals surface area contributed by atoms with Gasteiger partial charge < -0.3 is 10.6 Å². The Morgan fingerprint density at radius 3 is 2.64 bits per heavy atom. The number of sulfonamides is 1. The third-order valence-corrected chi connectivity index (χ3v) is 5.48. The molecule has 0 bridgehead atoms. The first kappa shape index (κ1) is 18.9. The summed E-state index contributed by atoms with van der Waals surface area (Å²) < 4.78 is 24.4. The number of guanidine groups is 1. The normalized spacial score (nSPS) is 12.6. The van der Waals surface area contributed by atoms with E-state index in [1.807, 2.05) is 13.0 Å². The van der Waals surface area contributed by atoms with Crippen molar-refractivity contribution in [2.75, 3.05) is 39.5 Å². The molecule has 0 fully saturated rings. The summed E-state index contributed by atoms with van der Waals surface area (Å²) in [6.45, 7) is 4.38. The highest BCUT2D eigenvalue weighted by Gasteiger charge is 2.13. The summed E-state index contributed by atoms with van der Waals surface area (Å²) in [4.78, 5) is 5.50. The van der Waals surface area contributed by atoms with E-state index in [1.54, 1.807) is 18.4 Å². The van der Waals surface area contributed by atoms with Gasteiger partial charge in [-0.15, -0.1) is 11.3 Å². The Bertz CT molecular complexity index is 541. The van der Waals surface area contributed by atoms with Crippen molar-refractivity contribution in [3.05, 3.63) is 22.4 Å². The first-order chi connectivity index (χ1) is 10.5. The Labute approximate surface area is 137 Å². The maximum absolute atomic E-state index is 11.5. The fourth-order valence-electron chi connectivity index (χ4n) is 2.00. The van der Waals surface area contributed by atoms with Crippen molar-refractivity contribution in [2.24, 2.45) is 4.99 Å². The van der Waals surface area contributed by atoms with Gasteiger partial charge in [-0.25, -0.2) is 12.7 Å². The number of hydrogen-bond donors (Lipinski definition) is 2. The molecule has 0 aliphatic carbocycles. The molecule has 2 N–H and O–H groups in total. The molecule has 0 aliphatic rings. The molecule has 1 aromatic heterocycles. The highest BCUT2D eigenvalue weighted by molar-refractivity contribution is 7.88. The van der Waals surface area contributed by atoms with E-state index < -0.39 is 10.0 Å². The lowest BCUT2D eigenvalue weighted by atomic mass is 10.3. The summed E-state index contributed by atoms with van der Waals surface area (Å²) in [5.41, 5.74) is 0. The van der Waals surface area contributed by atoms with Gasteiger partial charge in [-0.05, 0) is 24.3 Å². The van der Waals surface area contributed by atoms with Crippen molar-refractivity contribution >= 4 is 27.3 Å². The SMILES string of the molecule is CCN(CCCNC(=NC)NCCc1cccs1)S(C)(=O)=O. The predicted molar refractivity (Wildman–Crippen MR) is 94.1 cm³/mol. The predicted octanol–water partition coefficient (Wildman–Crippen LogP) is 1.13. The molecule has 1 aromatic rings. The largest absolute Gasteiger partial charge is 0.356 e. The molecule has 0 aliphatic heterocycles. The van der Waals surface area contributed by atoms with E-state index in [1.165, 1.54) is 15.4 Å². The molecule has 0 atom stereocenters. The van der Waals surface area contributed by atoms with Crippen LogP contribution in [0.3, 0.4) is 0 Å². The summed E-state index contributed by atoms with van der Waals surface area (Å²) in [5, 5.41) is 8.53. The number of aliphatic imine (C=N–C) groups is 1. The monoisotopic (exact) mass is 346 g/mol. The second kappa shape index (κ2) is 9.81. The van der Waals surface area contributed by atoms with Crippen molar-refractivity contribution in [2.45, 2.75) is 19.8 Å². The van der Waals surface area contributed by atoms with E-state index >= 15 is 0 Å². The standard InChI is InChI=1S/C14H26N4O2S2/c1-4-18(22(3,19)20)11-6-9-16-14(15-2)17-10-8-13-7-5-12-21-13/h5,7,12H,4,6,8-11H2,1-3H3,(H2,15,16,17). The summed E-state index contributed by atoms with van der Waals surface area (Å²) >= 11 is 1.75. The third-order valence-electron chi connectivity index (χ3n) is 3.17. The minimum atomic E-state index is -3.10. The van der Waals surface area contributed by atoms with E-state index in [4.69, 9.17) is 0 Å². The van der Waals surface area contributed by atoms with Gasteiger partial charge in [0.05, 0.1) is 6.26 Å². The third kappa shape index (κ3) is 7.24. The molecule has 0 saturated heterocycles. The van der Waals surface area contributed by atoms with E-state index in [2.05, 4.69) is 27.1 Å². The summed E-state index contributed by atoms with van der Waals surface area (Å²) in [7, 11) is -1.37. The summed E-state index contributed by atoms with van der Waals surface area (Å²) in [6, 6.07) is 4.17. The summed E-state index contributed by atoms with van der Waals surface area (Å²) in [5.74, 6) is 0.749. The van der Waals surface area contributed by atoms with Crippen LogP contribution in [-0.2, 0) is 16.4 Å². The number of nitrogens with one attached hydrogen (secondary N) is 2. The lowest BCUT2D eigenvalue weighted by Crippen LogP contribution is -2.40. The quantitative estimate of drug-likeness (QED) is 0.399. The van der Waals surface area contributed by atoms with E-state index in [9.17, 15) is 8.42 Å². The molecule has 0 saturated carbocycles. The van der Waals surface area contributed by atoms with Gasteiger partial charge in [-0.3, -0.25) is 4.99 Å². The van der Waals surface area contributed by atoms with Gasteiger partial charge in [0.15, 0.2) is 5.96 Å². The molecule has 126 valence electrons. The van der Waals surface area contributed by atoms with Crippen molar-refractivity contribution < 1.29 is 8.42 Å². The molecule has 1 rings (SSSR count). The van der Waals surface area contributed by atoms with Crippen LogP contribution in [0.2, 0.25) is 0 Å². The van der Waals surface area contributed by atoms with E-state index in [0.717, 1.165) is 25.3 Å². The zero-order chi connectivity index (χ0) is 16.4. The van der Waals surface area contributed by atoms with Gasteiger partial charge in [0.1, 0.15) is 0 Å². The first-order valence-corrected chi connectivity index (χ1v) is 10.1. The fraction of sp³-hybridized carbons (Fsp3) is 0.643. The van der Waals surface area contributed by atoms with Gasteiger partial charge in [0, 0.05) is 38.1 Å². The Balaban J connectivity index is 2.21. The number of nitrogens with zero attached hydrogens (tertiary/aromatic N) is 2. The number of hydrogen-bond acceptors (Lipinski definition) is 4. The average Bonchev–Trinajstić information content (AvgIpc) is 2.97. The summed E-state index contributed by atoms with van der Waals surface area (Å²) in [6.07, 6.45) is 2.96. The van der Waals surface area contributed by atoms with Gasteiger partial charge in [-0.2, -0.15) is 0 Å². The lowest BCUT2D eigenvalue weighted by Gasteiger charge is -2.18. The maximum atomic E-state index is 11.5. The molecular formula is C14H26N4O2S2.